The number of rotatable bonds is 5. The van der Waals surface area contributed by atoms with E-state index in [4.69, 9.17) is 0 Å². The molecule has 0 aliphatic rings. The van der Waals surface area contributed by atoms with Crippen LogP contribution in [0.5, 0.6) is 0 Å². The van der Waals surface area contributed by atoms with Gasteiger partial charge in [-0.25, -0.2) is 12.1 Å². The van der Waals surface area contributed by atoms with E-state index < -0.39 is 7.92 Å². The zero-order valence-electron chi connectivity index (χ0n) is 24.4. The normalized spacial score (nSPS) is 13.5. The SMILES string of the molecule is Cc1ccccc1P(c1ccccc1C)C(C)(I)[c-]1cccc1P(C(C)(C)C)C(C)(C)C.[Fe].[cH-]1[cH-][cH-][cH-][cH-]1. The fraction of sp³-hybridized carbons (Fsp3) is 0.353. The van der Waals surface area contributed by atoms with Crippen molar-refractivity contribution in [1.82, 2.24) is 0 Å². The number of hydrogen-bond donors (Lipinski definition) is 0. The average Bonchev–Trinajstić information content (AvgIpc) is 3.50. The molecule has 1 atom stereocenters. The van der Waals surface area contributed by atoms with E-state index in [0.29, 0.717) is 0 Å². The molecule has 0 radical (unpaired) electrons. The van der Waals surface area contributed by atoms with Gasteiger partial charge in [0.2, 0.25) is 0 Å². The first-order chi connectivity index (χ1) is 17.3. The van der Waals surface area contributed by atoms with Gasteiger partial charge in [0, 0.05) is 20.2 Å². The minimum Gasteiger partial charge on any atom is -0.748 e. The Kier molecular flexibility index (Phi) is 12.1. The molecule has 1 unspecified atom stereocenters. The van der Waals surface area contributed by atoms with Crippen LogP contribution in [0.4, 0.5) is 0 Å². The molecule has 0 heterocycles. The predicted molar refractivity (Wildman–Crippen MR) is 180 cm³/mol. The van der Waals surface area contributed by atoms with Gasteiger partial charge in [-0.05, 0) is 53.8 Å². The van der Waals surface area contributed by atoms with Gasteiger partial charge < -0.3 is 30.3 Å². The van der Waals surface area contributed by atoms with Crippen molar-refractivity contribution in [1.29, 1.82) is 0 Å². The summed E-state index contributed by atoms with van der Waals surface area (Å²) in [6.45, 7) is 21.6. The number of halogens is 1. The summed E-state index contributed by atoms with van der Waals surface area (Å²) in [5, 5.41) is 5.08. The predicted octanol–water partition coefficient (Wildman–Crippen LogP) is 9.87. The number of hydrogen-bond acceptors (Lipinski definition) is 0. The van der Waals surface area contributed by atoms with Crippen LogP contribution in [0.2, 0.25) is 0 Å². The van der Waals surface area contributed by atoms with Crippen LogP contribution < -0.4 is 15.9 Å². The largest absolute Gasteiger partial charge is 0.748 e. The summed E-state index contributed by atoms with van der Waals surface area (Å²) in [5.41, 5.74) is 4.32. The van der Waals surface area contributed by atoms with Gasteiger partial charge in [-0.3, -0.25) is 0 Å². The zero-order valence-corrected chi connectivity index (χ0v) is 29.4. The van der Waals surface area contributed by atoms with Crippen molar-refractivity contribution in [2.75, 3.05) is 0 Å². The quantitative estimate of drug-likeness (QED) is 0.0641. The minimum absolute atomic E-state index is 0. The van der Waals surface area contributed by atoms with Crippen molar-refractivity contribution in [2.24, 2.45) is 0 Å². The molecule has 0 saturated heterocycles. The molecule has 4 heteroatoms. The minimum atomic E-state index is -0.602. The molecule has 4 rings (SSSR count). The van der Waals surface area contributed by atoms with Gasteiger partial charge in [-0.2, -0.15) is 6.07 Å². The first-order valence-electron chi connectivity index (χ1n) is 13.1. The Morgan fingerprint density at radius 1 is 0.632 bits per heavy atom. The van der Waals surface area contributed by atoms with Crippen molar-refractivity contribution in [3.8, 4) is 0 Å². The number of aryl methyl sites for hydroxylation is 2. The third kappa shape index (κ3) is 7.92. The second kappa shape index (κ2) is 13.7. The average molecular weight is 696 g/mol. The molecule has 38 heavy (non-hydrogen) atoms. The third-order valence-electron chi connectivity index (χ3n) is 6.56. The number of benzene rings is 2. The molecular weight excluding hydrogens is 653 g/mol. The van der Waals surface area contributed by atoms with E-state index in [-0.39, 0.29) is 38.5 Å². The van der Waals surface area contributed by atoms with E-state index in [9.17, 15) is 0 Å². The molecule has 0 N–H and O–H groups in total. The molecular formula is C34H43FeIP2-6. The molecule has 4 aromatic carbocycles. The van der Waals surface area contributed by atoms with E-state index in [2.05, 4.69) is 152 Å². The van der Waals surface area contributed by atoms with Gasteiger partial charge in [-0.15, -0.1) is 10.9 Å². The van der Waals surface area contributed by atoms with E-state index in [1.54, 1.807) is 5.30 Å². The Bertz CT molecular complexity index is 1180. The summed E-state index contributed by atoms with van der Waals surface area (Å²) in [6.07, 6.45) is 0. The topological polar surface area (TPSA) is 0 Å². The molecule has 0 fully saturated rings. The Hall–Kier alpha value is -0.751. The van der Waals surface area contributed by atoms with Crippen molar-refractivity contribution in [3.63, 3.8) is 0 Å². The van der Waals surface area contributed by atoms with E-state index in [1.165, 1.54) is 27.3 Å². The summed E-state index contributed by atoms with van der Waals surface area (Å²) in [7, 11) is -0.960. The second-order valence-electron chi connectivity index (χ2n) is 11.8. The Balaban J connectivity index is 0.000000756. The Morgan fingerprint density at radius 3 is 1.39 bits per heavy atom. The molecule has 0 nitrogen and oxygen atoms in total. The smallest absolute Gasteiger partial charge is 0.0288 e. The molecule has 0 aromatic heterocycles. The van der Waals surface area contributed by atoms with Crippen LogP contribution in [-0.4, -0.2) is 10.3 Å². The molecule has 0 bridgehead atoms. The molecule has 0 aliphatic carbocycles. The molecule has 0 spiro atoms. The van der Waals surface area contributed by atoms with E-state index in [0.717, 1.165) is 0 Å². The summed E-state index contributed by atoms with van der Waals surface area (Å²) in [6, 6.07) is 35.2. The van der Waals surface area contributed by atoms with Crippen molar-refractivity contribution >= 4 is 54.3 Å². The van der Waals surface area contributed by atoms with Crippen LogP contribution in [0.25, 0.3) is 0 Å². The summed E-state index contributed by atoms with van der Waals surface area (Å²) < 4.78 is -0.0127. The number of alkyl halides is 1. The van der Waals surface area contributed by atoms with Crippen LogP contribution in [0, 0.1) is 13.8 Å². The van der Waals surface area contributed by atoms with Gasteiger partial charge in [0.15, 0.2) is 0 Å². The van der Waals surface area contributed by atoms with Crippen molar-refractivity contribution < 1.29 is 17.1 Å². The van der Waals surface area contributed by atoms with Gasteiger partial charge in [0.1, 0.15) is 0 Å². The second-order valence-corrected chi connectivity index (χ2v) is 21.2. The first kappa shape index (κ1) is 33.5. The maximum absolute atomic E-state index is 2.80. The van der Waals surface area contributed by atoms with Crippen molar-refractivity contribution in [3.05, 3.63) is 114 Å². The molecule has 0 saturated carbocycles. The van der Waals surface area contributed by atoms with Gasteiger partial charge >= 0.3 is 0 Å². The van der Waals surface area contributed by atoms with Gasteiger partial charge in [-0.1, -0.05) is 128 Å². The fourth-order valence-electron chi connectivity index (χ4n) is 5.37. The third-order valence-corrected chi connectivity index (χ3v) is 15.2. The van der Waals surface area contributed by atoms with Crippen LogP contribution in [0.1, 0.15) is 65.2 Å². The maximum atomic E-state index is 2.80. The summed E-state index contributed by atoms with van der Waals surface area (Å²) in [5.74, 6) is 0. The first-order valence-corrected chi connectivity index (χ1v) is 16.9. The van der Waals surface area contributed by atoms with Crippen LogP contribution >= 0.6 is 38.4 Å². The van der Waals surface area contributed by atoms with E-state index >= 15 is 0 Å². The molecule has 0 aliphatic heterocycles. The van der Waals surface area contributed by atoms with Crippen molar-refractivity contribution in [2.45, 2.75) is 75.8 Å². The molecule has 4 aromatic rings. The van der Waals surface area contributed by atoms with Crippen LogP contribution in [0.15, 0.2) is 97.1 Å². The van der Waals surface area contributed by atoms with Gasteiger partial charge in [0.05, 0.1) is 0 Å². The van der Waals surface area contributed by atoms with Gasteiger partial charge in [0.25, 0.3) is 0 Å². The zero-order chi connectivity index (χ0) is 27.4. The molecule has 0 amide bonds. The Labute approximate surface area is 259 Å². The molecule has 210 valence electrons. The maximum Gasteiger partial charge on any atom is 0.0288 e. The Morgan fingerprint density at radius 2 is 1.03 bits per heavy atom. The monoisotopic (exact) mass is 696 g/mol. The fourth-order valence-corrected chi connectivity index (χ4v) is 14.9. The summed E-state index contributed by atoms with van der Waals surface area (Å²) in [4.78, 5) is 0. The summed E-state index contributed by atoms with van der Waals surface area (Å²) >= 11 is 2.80. The van der Waals surface area contributed by atoms with Crippen LogP contribution in [-0.2, 0) is 20.2 Å². The standard InChI is InChI=1S/C29H38IP2.C5H5.Fe/c1-21-15-10-12-18-24(21)31(25-19-13-11-16-22(25)2)29(9,30)23-17-14-20-26(23)32(27(3,4)5)28(6,7)8;1-2-4-5-3-1;/h10-20H,1-9H3;1-5H;/q-1;-5;. The van der Waals surface area contributed by atoms with E-state index in [1.807, 2.05) is 30.3 Å². The van der Waals surface area contributed by atoms with Crippen LogP contribution in [0.3, 0.4) is 0 Å².